The smallest absolute Gasteiger partial charge is 0.228 e. The number of hydrogen-bond acceptors (Lipinski definition) is 8. The first-order chi connectivity index (χ1) is 14.4. The van der Waals surface area contributed by atoms with Gasteiger partial charge in [0, 0.05) is 41.5 Å². The maximum absolute atomic E-state index is 9.86. The van der Waals surface area contributed by atoms with E-state index in [9.17, 15) is 5.11 Å². The van der Waals surface area contributed by atoms with E-state index in [4.69, 9.17) is 15.3 Å². The van der Waals surface area contributed by atoms with Gasteiger partial charge in [-0.05, 0) is 19.9 Å². The van der Waals surface area contributed by atoms with E-state index in [0.29, 0.717) is 37.2 Å². The van der Waals surface area contributed by atoms with E-state index < -0.39 is 5.60 Å². The molecule has 1 aliphatic rings. The lowest BCUT2D eigenvalue weighted by molar-refractivity contribution is 0.0268. The zero-order chi connectivity index (χ0) is 21.1. The highest BCUT2D eigenvalue weighted by Gasteiger charge is 2.29. The Bertz CT molecular complexity index is 1040. The Morgan fingerprint density at radius 1 is 1.40 bits per heavy atom. The number of nitrogens with two attached hydrogens (primary N) is 1. The predicted octanol–water partition coefficient (Wildman–Crippen LogP) is 1.68. The molecule has 0 radical (unpaired) electrons. The van der Waals surface area contributed by atoms with Crippen molar-refractivity contribution in [2.75, 3.05) is 31.2 Å². The minimum Gasteiger partial charge on any atom is -0.475 e. The van der Waals surface area contributed by atoms with Crippen molar-refractivity contribution in [2.24, 2.45) is 10.9 Å². The topological polar surface area (TPSA) is 122 Å². The van der Waals surface area contributed by atoms with Gasteiger partial charge in [-0.25, -0.2) is 4.98 Å². The predicted molar refractivity (Wildman–Crippen MR) is 115 cm³/mol. The average Bonchev–Trinajstić information content (AvgIpc) is 3.17. The van der Waals surface area contributed by atoms with Gasteiger partial charge in [-0.1, -0.05) is 18.2 Å². The molecule has 0 aliphatic carbocycles. The first-order valence-corrected chi connectivity index (χ1v) is 9.83. The summed E-state index contributed by atoms with van der Waals surface area (Å²) in [4.78, 5) is 14.1. The molecular formula is C21H26N6O3. The second kappa shape index (κ2) is 8.29. The Balaban J connectivity index is 1.53. The minimum absolute atomic E-state index is 0.139. The van der Waals surface area contributed by atoms with Gasteiger partial charge in [-0.2, -0.15) is 10.1 Å². The fourth-order valence-corrected chi connectivity index (χ4v) is 3.42. The molecule has 1 aromatic carbocycles. The van der Waals surface area contributed by atoms with Crippen molar-refractivity contribution in [3.05, 3.63) is 48.3 Å². The van der Waals surface area contributed by atoms with Crippen molar-refractivity contribution >= 4 is 22.6 Å². The first-order valence-electron chi connectivity index (χ1n) is 9.83. The van der Waals surface area contributed by atoms with Gasteiger partial charge in [0.2, 0.25) is 11.8 Å². The quantitative estimate of drug-likeness (QED) is 0.321. The van der Waals surface area contributed by atoms with Gasteiger partial charge in [-0.15, -0.1) is 0 Å². The third kappa shape index (κ3) is 4.37. The average molecular weight is 410 g/mol. The number of ether oxygens (including phenoxy) is 2. The molecule has 2 aromatic heterocycles. The van der Waals surface area contributed by atoms with Gasteiger partial charge < -0.3 is 30.3 Å². The van der Waals surface area contributed by atoms with Crippen LogP contribution in [0, 0.1) is 0 Å². The number of morpholine rings is 1. The van der Waals surface area contributed by atoms with Crippen LogP contribution in [0.1, 0.15) is 19.4 Å². The van der Waals surface area contributed by atoms with Crippen LogP contribution in [-0.2, 0) is 4.74 Å². The van der Waals surface area contributed by atoms with E-state index in [-0.39, 0.29) is 12.7 Å². The number of rotatable bonds is 6. The Morgan fingerprint density at radius 3 is 3.03 bits per heavy atom. The number of para-hydroxylation sites is 1. The summed E-state index contributed by atoms with van der Waals surface area (Å²) in [6.07, 6.45) is 3.22. The molecule has 0 saturated carbocycles. The molecule has 3 heterocycles. The highest BCUT2D eigenvalue weighted by molar-refractivity contribution is 6.13. The van der Waals surface area contributed by atoms with Crippen molar-refractivity contribution in [3.63, 3.8) is 0 Å². The molecule has 1 fully saturated rings. The van der Waals surface area contributed by atoms with Crippen molar-refractivity contribution in [3.8, 4) is 5.88 Å². The summed E-state index contributed by atoms with van der Waals surface area (Å²) >= 11 is 0. The van der Waals surface area contributed by atoms with Crippen LogP contribution >= 0.6 is 0 Å². The van der Waals surface area contributed by atoms with Crippen molar-refractivity contribution in [2.45, 2.75) is 25.6 Å². The molecule has 4 rings (SSSR count). The number of fused-ring (bicyclic) bond motifs is 1. The maximum Gasteiger partial charge on any atom is 0.228 e. The molecule has 30 heavy (non-hydrogen) atoms. The number of hydrazone groups is 1. The number of benzene rings is 1. The van der Waals surface area contributed by atoms with Crippen LogP contribution < -0.4 is 15.5 Å². The standard InChI is InChI=1S/C21H26N6O3/c1-21(2,28)13-30-18-7-8-23-20(25-18)27-9-10-29-17(12-27)19(26-22)15-11-24-16-6-4-3-5-14(15)16/h3-8,11,17,24,28H,9-10,12-13,22H2,1-2H3. The van der Waals surface area contributed by atoms with Gasteiger partial charge in [0.05, 0.1) is 18.8 Å². The fraction of sp³-hybridized carbons (Fsp3) is 0.381. The number of aliphatic hydroxyl groups is 1. The molecule has 1 aliphatic heterocycles. The molecule has 9 heteroatoms. The number of aromatic amines is 1. The van der Waals surface area contributed by atoms with Crippen LogP contribution in [0.15, 0.2) is 47.8 Å². The molecule has 9 nitrogen and oxygen atoms in total. The van der Waals surface area contributed by atoms with Crippen LogP contribution in [0.4, 0.5) is 5.95 Å². The second-order valence-corrected chi connectivity index (χ2v) is 7.86. The summed E-state index contributed by atoms with van der Waals surface area (Å²) in [6, 6.07) is 9.67. The number of nitrogens with zero attached hydrogens (tertiary/aromatic N) is 4. The third-order valence-corrected chi connectivity index (χ3v) is 4.85. The number of anilines is 1. The minimum atomic E-state index is -0.943. The van der Waals surface area contributed by atoms with Gasteiger partial charge >= 0.3 is 0 Å². The highest BCUT2D eigenvalue weighted by atomic mass is 16.5. The summed E-state index contributed by atoms with van der Waals surface area (Å²) in [6.45, 7) is 5.13. The van der Waals surface area contributed by atoms with Crippen LogP contribution in [0.5, 0.6) is 5.88 Å². The summed E-state index contributed by atoms with van der Waals surface area (Å²) in [5, 5.41) is 15.0. The summed E-state index contributed by atoms with van der Waals surface area (Å²) < 4.78 is 11.6. The largest absolute Gasteiger partial charge is 0.475 e. The molecule has 4 N–H and O–H groups in total. The highest BCUT2D eigenvalue weighted by Crippen LogP contribution is 2.23. The zero-order valence-corrected chi connectivity index (χ0v) is 17.1. The van der Waals surface area contributed by atoms with Crippen molar-refractivity contribution in [1.82, 2.24) is 15.0 Å². The van der Waals surface area contributed by atoms with Crippen molar-refractivity contribution in [1.29, 1.82) is 0 Å². The lowest BCUT2D eigenvalue weighted by Gasteiger charge is -2.33. The molecule has 0 bridgehead atoms. The van der Waals surface area contributed by atoms with Gasteiger partial charge in [0.1, 0.15) is 18.4 Å². The number of H-pyrrole nitrogens is 1. The van der Waals surface area contributed by atoms with Crippen LogP contribution in [0.25, 0.3) is 10.9 Å². The monoisotopic (exact) mass is 410 g/mol. The SMILES string of the molecule is CC(C)(O)COc1ccnc(N2CCOC(C(=NN)c3c[nH]c4ccccc34)C2)n1. The first kappa shape index (κ1) is 20.1. The lowest BCUT2D eigenvalue weighted by atomic mass is 10.0. The summed E-state index contributed by atoms with van der Waals surface area (Å²) in [5.74, 6) is 6.72. The zero-order valence-electron chi connectivity index (χ0n) is 17.1. The Kier molecular flexibility index (Phi) is 5.56. The molecule has 1 saturated heterocycles. The normalized spacial score (nSPS) is 18.0. The molecule has 1 atom stereocenters. The number of nitrogens with one attached hydrogen (secondary N) is 1. The summed E-state index contributed by atoms with van der Waals surface area (Å²) in [5.41, 5.74) is 1.66. The van der Waals surface area contributed by atoms with E-state index >= 15 is 0 Å². The molecule has 3 aromatic rings. The number of aromatic nitrogens is 3. The Morgan fingerprint density at radius 2 is 2.23 bits per heavy atom. The number of hydrogen-bond donors (Lipinski definition) is 3. The third-order valence-electron chi connectivity index (χ3n) is 4.85. The van der Waals surface area contributed by atoms with Gasteiger partial charge in [-0.3, -0.25) is 0 Å². The van der Waals surface area contributed by atoms with E-state index in [1.165, 1.54) is 0 Å². The van der Waals surface area contributed by atoms with E-state index in [1.807, 2.05) is 35.4 Å². The summed E-state index contributed by atoms with van der Waals surface area (Å²) in [7, 11) is 0. The maximum atomic E-state index is 9.86. The molecule has 1 unspecified atom stereocenters. The lowest BCUT2D eigenvalue weighted by Crippen LogP contribution is -2.47. The van der Waals surface area contributed by atoms with Crippen LogP contribution in [0.2, 0.25) is 0 Å². The van der Waals surface area contributed by atoms with Gasteiger partial charge in [0.25, 0.3) is 0 Å². The van der Waals surface area contributed by atoms with Gasteiger partial charge in [0.15, 0.2) is 0 Å². The van der Waals surface area contributed by atoms with Crippen LogP contribution in [0.3, 0.4) is 0 Å². The molecular weight excluding hydrogens is 384 g/mol. The fourth-order valence-electron chi connectivity index (χ4n) is 3.42. The van der Waals surface area contributed by atoms with Crippen LogP contribution in [-0.4, -0.2) is 63.8 Å². The molecule has 158 valence electrons. The van der Waals surface area contributed by atoms with E-state index in [1.54, 1.807) is 26.1 Å². The second-order valence-electron chi connectivity index (χ2n) is 7.86. The Hall–Kier alpha value is -3.17. The Labute approximate surface area is 174 Å². The van der Waals surface area contributed by atoms with Crippen molar-refractivity contribution < 1.29 is 14.6 Å². The van der Waals surface area contributed by atoms with E-state index in [0.717, 1.165) is 16.5 Å². The van der Waals surface area contributed by atoms with E-state index in [2.05, 4.69) is 20.1 Å². The molecule has 0 spiro atoms. The molecule has 0 amide bonds.